The van der Waals surface area contributed by atoms with E-state index >= 15 is 0 Å². The van der Waals surface area contributed by atoms with Crippen LogP contribution in [0.3, 0.4) is 0 Å². The molecule has 2 heterocycles. The second-order valence-corrected chi connectivity index (χ2v) is 6.52. The van der Waals surface area contributed by atoms with Gasteiger partial charge in [-0.15, -0.1) is 0 Å². The highest BCUT2D eigenvalue weighted by atomic mass is 16.5. The molecule has 0 bridgehead atoms. The molecule has 9 heteroatoms. The highest BCUT2D eigenvalue weighted by molar-refractivity contribution is 6.08. The molecule has 0 aliphatic carbocycles. The number of ether oxygens (including phenoxy) is 2. The summed E-state index contributed by atoms with van der Waals surface area (Å²) in [6.45, 7) is 4.08. The average molecular weight is 388 g/mol. The van der Waals surface area contributed by atoms with Crippen molar-refractivity contribution >= 4 is 24.2 Å². The van der Waals surface area contributed by atoms with Gasteiger partial charge in [0.1, 0.15) is 11.8 Å². The zero-order chi connectivity index (χ0) is 20.1. The molecule has 2 amide bonds. The molecule has 1 aromatic rings. The van der Waals surface area contributed by atoms with Crippen LogP contribution in [-0.2, 0) is 19.1 Å². The number of amides is 2. The summed E-state index contributed by atoms with van der Waals surface area (Å²) in [7, 11) is 1.57. The molecule has 1 fully saturated rings. The fourth-order valence-corrected chi connectivity index (χ4v) is 3.31. The first-order chi connectivity index (χ1) is 13.6. The number of methoxy groups -OCH3 is 1. The van der Waals surface area contributed by atoms with E-state index in [1.807, 2.05) is 4.90 Å². The van der Waals surface area contributed by atoms with Gasteiger partial charge in [-0.05, 0) is 24.6 Å². The summed E-state index contributed by atoms with van der Waals surface area (Å²) in [5, 5.41) is 2.74. The molecule has 2 aliphatic heterocycles. The number of nitrogens with zero attached hydrogens (tertiary/aromatic N) is 3. The van der Waals surface area contributed by atoms with Crippen LogP contribution in [0.25, 0.3) is 0 Å². The molecule has 3 rings (SSSR count). The van der Waals surface area contributed by atoms with Crippen LogP contribution in [-0.4, -0.2) is 73.9 Å². The summed E-state index contributed by atoms with van der Waals surface area (Å²) in [6, 6.07) is 6.42. The molecule has 1 N–H and O–H groups in total. The Bertz CT molecular complexity index is 756. The van der Waals surface area contributed by atoms with Crippen LogP contribution in [0.1, 0.15) is 18.5 Å². The molecule has 1 aromatic carbocycles. The van der Waals surface area contributed by atoms with Crippen molar-refractivity contribution in [2.24, 2.45) is 10.9 Å². The third kappa shape index (κ3) is 4.08. The average Bonchev–Trinajstić information content (AvgIpc) is 2.73. The van der Waals surface area contributed by atoms with Crippen LogP contribution in [0.15, 0.2) is 29.3 Å². The number of piperazine rings is 1. The van der Waals surface area contributed by atoms with Crippen LogP contribution >= 0.6 is 0 Å². The van der Waals surface area contributed by atoms with Gasteiger partial charge in [0.25, 0.3) is 0 Å². The Morgan fingerprint density at radius 1 is 1.25 bits per heavy atom. The molecular weight excluding hydrogens is 364 g/mol. The van der Waals surface area contributed by atoms with Gasteiger partial charge < -0.3 is 19.3 Å². The van der Waals surface area contributed by atoms with Gasteiger partial charge in [-0.2, -0.15) is 0 Å². The maximum atomic E-state index is 12.8. The van der Waals surface area contributed by atoms with Gasteiger partial charge in [0.2, 0.25) is 18.3 Å². The topological polar surface area (TPSA) is 101 Å². The number of benzene rings is 1. The largest absolute Gasteiger partial charge is 0.497 e. The van der Waals surface area contributed by atoms with Crippen molar-refractivity contribution in [3.8, 4) is 5.75 Å². The molecule has 1 saturated heterocycles. The van der Waals surface area contributed by atoms with E-state index in [9.17, 15) is 14.4 Å². The Morgan fingerprint density at radius 2 is 1.93 bits per heavy atom. The molecule has 28 heavy (non-hydrogen) atoms. The zero-order valence-corrected chi connectivity index (χ0v) is 16.0. The van der Waals surface area contributed by atoms with Crippen LogP contribution in [0.5, 0.6) is 5.75 Å². The number of guanidine groups is 1. The number of rotatable bonds is 5. The number of hydrogen-bond acceptors (Lipinski definition) is 7. The minimum Gasteiger partial charge on any atom is -0.497 e. The van der Waals surface area contributed by atoms with Gasteiger partial charge in [0.15, 0.2) is 5.92 Å². The second kappa shape index (κ2) is 8.73. The van der Waals surface area contributed by atoms with E-state index in [0.717, 1.165) is 12.0 Å². The van der Waals surface area contributed by atoms with Crippen molar-refractivity contribution in [3.63, 3.8) is 0 Å². The Labute approximate surface area is 163 Å². The lowest BCUT2D eigenvalue weighted by Crippen LogP contribution is -2.57. The molecule has 0 aromatic heterocycles. The molecular formula is C19H24N4O5. The lowest BCUT2D eigenvalue weighted by atomic mass is 9.91. The van der Waals surface area contributed by atoms with Crippen molar-refractivity contribution in [2.45, 2.75) is 13.0 Å². The number of carbonyl (C=O) groups excluding carboxylic acids is 3. The fourth-order valence-electron chi connectivity index (χ4n) is 3.31. The first-order valence-electron chi connectivity index (χ1n) is 9.21. The van der Waals surface area contributed by atoms with Gasteiger partial charge in [-0.1, -0.05) is 12.1 Å². The highest BCUT2D eigenvalue weighted by Crippen LogP contribution is 2.32. The zero-order valence-electron chi connectivity index (χ0n) is 16.0. The molecule has 0 spiro atoms. The molecule has 0 unspecified atom stereocenters. The number of aliphatic imine (C=N–C) groups is 1. The Balaban J connectivity index is 1.91. The predicted molar refractivity (Wildman–Crippen MR) is 101 cm³/mol. The third-order valence-corrected chi connectivity index (χ3v) is 4.86. The summed E-state index contributed by atoms with van der Waals surface area (Å²) in [5.41, 5.74) is 0.720. The lowest BCUT2D eigenvalue weighted by molar-refractivity contribution is -0.153. The van der Waals surface area contributed by atoms with Crippen LogP contribution < -0.4 is 10.1 Å². The van der Waals surface area contributed by atoms with Crippen LogP contribution in [0, 0.1) is 5.92 Å². The van der Waals surface area contributed by atoms with Gasteiger partial charge in [0.05, 0.1) is 13.7 Å². The van der Waals surface area contributed by atoms with Crippen molar-refractivity contribution in [1.82, 2.24) is 15.1 Å². The number of carbonyl (C=O) groups is 3. The van der Waals surface area contributed by atoms with E-state index in [1.165, 1.54) is 0 Å². The first-order valence-corrected chi connectivity index (χ1v) is 9.21. The van der Waals surface area contributed by atoms with E-state index in [0.29, 0.717) is 37.9 Å². The monoisotopic (exact) mass is 388 g/mol. The van der Waals surface area contributed by atoms with E-state index < -0.39 is 23.8 Å². The summed E-state index contributed by atoms with van der Waals surface area (Å²) < 4.78 is 10.3. The van der Waals surface area contributed by atoms with Gasteiger partial charge >= 0.3 is 5.97 Å². The Morgan fingerprint density at radius 3 is 2.50 bits per heavy atom. The summed E-state index contributed by atoms with van der Waals surface area (Å²) in [5.74, 6) is -1.02. The van der Waals surface area contributed by atoms with E-state index in [1.54, 1.807) is 43.2 Å². The fraction of sp³-hybridized carbons (Fsp3) is 0.474. The smallest absolute Gasteiger partial charge is 0.321 e. The summed E-state index contributed by atoms with van der Waals surface area (Å²) in [6.07, 6.45) is 0.815. The molecule has 2 atom stereocenters. The van der Waals surface area contributed by atoms with Gasteiger partial charge in [-0.3, -0.25) is 19.7 Å². The lowest BCUT2D eigenvalue weighted by Gasteiger charge is -2.37. The van der Waals surface area contributed by atoms with Crippen molar-refractivity contribution in [3.05, 3.63) is 29.8 Å². The van der Waals surface area contributed by atoms with Gasteiger partial charge in [-0.25, -0.2) is 4.99 Å². The van der Waals surface area contributed by atoms with Crippen LogP contribution in [0.4, 0.5) is 0 Å². The quantitative estimate of drug-likeness (QED) is 0.439. The second-order valence-electron chi connectivity index (χ2n) is 6.52. The standard InChI is InChI=1S/C19H24N4O5/c1-3-28-18(26)15-16(13-4-6-14(27-2)7-5-13)20-19(21-17(15)25)23-10-8-22(12-24)9-11-23/h4-7,12,15-16H,3,8-11H2,1-2H3,(H,20,21,25)/t15-,16+/m1/s1. The van der Waals surface area contributed by atoms with E-state index in [-0.39, 0.29) is 6.61 Å². The minimum absolute atomic E-state index is 0.183. The van der Waals surface area contributed by atoms with Crippen LogP contribution in [0.2, 0.25) is 0 Å². The molecule has 9 nitrogen and oxygen atoms in total. The van der Waals surface area contributed by atoms with Crippen molar-refractivity contribution in [1.29, 1.82) is 0 Å². The summed E-state index contributed by atoms with van der Waals surface area (Å²) >= 11 is 0. The molecule has 150 valence electrons. The maximum Gasteiger partial charge on any atom is 0.321 e. The normalized spacial score (nSPS) is 22.2. The molecule has 2 aliphatic rings. The Hall–Kier alpha value is -3.10. The SMILES string of the molecule is CCOC(=O)[C@H]1C(=O)NC(N2CCN(C=O)CC2)=N[C@H]1c1ccc(OC)cc1. The number of hydrogen-bond donors (Lipinski definition) is 1. The summed E-state index contributed by atoms with van der Waals surface area (Å²) in [4.78, 5) is 44.4. The predicted octanol–water partition coefficient (Wildman–Crippen LogP) is 0.175. The van der Waals surface area contributed by atoms with Crippen molar-refractivity contribution in [2.75, 3.05) is 39.9 Å². The van der Waals surface area contributed by atoms with Gasteiger partial charge in [0, 0.05) is 26.2 Å². The highest BCUT2D eigenvalue weighted by Gasteiger charge is 2.42. The van der Waals surface area contributed by atoms with E-state index in [4.69, 9.17) is 9.47 Å². The van der Waals surface area contributed by atoms with Crippen molar-refractivity contribution < 1.29 is 23.9 Å². The number of nitrogens with one attached hydrogen (secondary N) is 1. The maximum absolute atomic E-state index is 12.8. The molecule has 0 radical (unpaired) electrons. The first kappa shape index (κ1) is 19.7. The Kier molecular flexibility index (Phi) is 6.13. The third-order valence-electron chi connectivity index (χ3n) is 4.86. The number of esters is 1. The van der Waals surface area contributed by atoms with E-state index in [2.05, 4.69) is 10.3 Å². The minimum atomic E-state index is -1.06. The molecule has 0 saturated carbocycles.